The van der Waals surface area contributed by atoms with Crippen molar-refractivity contribution in [2.75, 3.05) is 0 Å². The molecule has 0 bridgehead atoms. The molecule has 0 spiro atoms. The lowest BCUT2D eigenvalue weighted by atomic mass is 10.4. The number of hydroxylamine groups is 2. The Hall–Kier alpha value is -0.990. The lowest BCUT2D eigenvalue weighted by Crippen LogP contribution is -2.31. The number of imide groups is 1. The summed E-state index contributed by atoms with van der Waals surface area (Å²) in [7, 11) is -4.79. The lowest BCUT2D eigenvalue weighted by molar-refractivity contribution is -0.165. The van der Waals surface area contributed by atoms with E-state index in [2.05, 4.69) is 4.28 Å². The summed E-state index contributed by atoms with van der Waals surface area (Å²) in [5.41, 5.74) is 0. The van der Waals surface area contributed by atoms with Gasteiger partial charge in [-0.2, -0.15) is 8.42 Å². The molecule has 1 aliphatic heterocycles. The standard InChI is InChI=1S/C4H5NO6S/c6-3-1-2-4(7)5(3)11-12(8,9)10/h1-2H2,(H,8,9,10). The van der Waals surface area contributed by atoms with Crippen molar-refractivity contribution in [1.82, 2.24) is 5.06 Å². The van der Waals surface area contributed by atoms with Crippen LogP contribution in [0.3, 0.4) is 0 Å². The van der Waals surface area contributed by atoms with E-state index in [4.69, 9.17) is 4.55 Å². The molecule has 0 aliphatic carbocycles. The largest absolute Gasteiger partial charge is 0.419 e. The zero-order chi connectivity index (χ0) is 9.35. The third-order valence-corrected chi connectivity index (χ3v) is 1.51. The number of hydrogen-bond donors (Lipinski definition) is 1. The summed E-state index contributed by atoms with van der Waals surface area (Å²) in [6.07, 6.45) is -0.206. The van der Waals surface area contributed by atoms with Crippen LogP contribution < -0.4 is 0 Å². The molecule has 0 aromatic heterocycles. The maximum Gasteiger partial charge on any atom is 0.419 e. The van der Waals surface area contributed by atoms with Crippen LogP contribution in [-0.4, -0.2) is 29.8 Å². The fourth-order valence-corrected chi connectivity index (χ4v) is 1.09. The molecule has 68 valence electrons. The Bertz CT molecular complexity index is 302. The van der Waals surface area contributed by atoms with Crippen LogP contribution in [0, 0.1) is 0 Å². The molecule has 0 aromatic carbocycles. The number of carbonyl (C=O) groups is 2. The molecule has 0 atom stereocenters. The minimum Gasteiger partial charge on any atom is -0.272 e. The predicted molar refractivity (Wildman–Crippen MR) is 33.7 cm³/mol. The van der Waals surface area contributed by atoms with Crippen molar-refractivity contribution >= 4 is 22.2 Å². The number of rotatable bonds is 2. The number of nitrogens with zero attached hydrogens (tertiary/aromatic N) is 1. The number of carbonyl (C=O) groups excluding carboxylic acids is 2. The average Bonchev–Trinajstić information content (AvgIpc) is 2.16. The van der Waals surface area contributed by atoms with Crippen LogP contribution in [0.1, 0.15) is 12.8 Å². The molecule has 1 fully saturated rings. The van der Waals surface area contributed by atoms with E-state index in [1.807, 2.05) is 0 Å². The molecule has 0 saturated carbocycles. The maximum atomic E-state index is 10.7. The fraction of sp³-hybridized carbons (Fsp3) is 0.500. The number of amides is 2. The van der Waals surface area contributed by atoms with Crippen LogP contribution in [-0.2, 0) is 24.3 Å². The molecule has 0 radical (unpaired) electrons. The van der Waals surface area contributed by atoms with E-state index in [9.17, 15) is 18.0 Å². The first-order valence-corrected chi connectivity index (χ1v) is 4.29. The van der Waals surface area contributed by atoms with Gasteiger partial charge in [0, 0.05) is 12.8 Å². The zero-order valence-electron chi connectivity index (χ0n) is 5.76. The van der Waals surface area contributed by atoms with Crippen molar-refractivity contribution in [1.29, 1.82) is 0 Å². The molecule has 0 aromatic rings. The van der Waals surface area contributed by atoms with Gasteiger partial charge in [0.15, 0.2) is 0 Å². The van der Waals surface area contributed by atoms with Gasteiger partial charge in [0.2, 0.25) is 0 Å². The van der Waals surface area contributed by atoms with Gasteiger partial charge < -0.3 is 0 Å². The predicted octanol–water partition coefficient (Wildman–Crippen LogP) is -1.13. The quantitative estimate of drug-likeness (QED) is 0.442. The van der Waals surface area contributed by atoms with E-state index in [0.29, 0.717) is 0 Å². The van der Waals surface area contributed by atoms with Crippen molar-refractivity contribution in [3.63, 3.8) is 0 Å². The summed E-state index contributed by atoms with van der Waals surface area (Å²) in [5, 5.41) is 0.0370. The van der Waals surface area contributed by atoms with Crippen LogP contribution in [0.25, 0.3) is 0 Å². The van der Waals surface area contributed by atoms with Crippen LogP contribution in [0.4, 0.5) is 0 Å². The van der Waals surface area contributed by atoms with Crippen molar-refractivity contribution in [2.45, 2.75) is 12.8 Å². The van der Waals surface area contributed by atoms with Gasteiger partial charge in [-0.3, -0.25) is 14.1 Å². The first-order valence-electron chi connectivity index (χ1n) is 2.93. The summed E-state index contributed by atoms with van der Waals surface area (Å²) < 4.78 is 31.9. The van der Waals surface area contributed by atoms with Gasteiger partial charge in [-0.1, -0.05) is 0 Å². The second kappa shape index (κ2) is 2.81. The van der Waals surface area contributed by atoms with Gasteiger partial charge in [0.05, 0.1) is 0 Å². The Labute approximate surface area is 67.8 Å². The lowest BCUT2D eigenvalue weighted by Gasteiger charge is -2.08. The van der Waals surface area contributed by atoms with Gasteiger partial charge in [0.1, 0.15) is 0 Å². The molecule has 1 saturated heterocycles. The van der Waals surface area contributed by atoms with Crippen LogP contribution in [0.15, 0.2) is 0 Å². The van der Waals surface area contributed by atoms with E-state index < -0.39 is 22.2 Å². The Morgan fingerprint density at radius 3 is 2.00 bits per heavy atom. The molecule has 1 rings (SSSR count). The first kappa shape index (κ1) is 9.10. The van der Waals surface area contributed by atoms with E-state index in [1.54, 1.807) is 0 Å². The topological polar surface area (TPSA) is 101 Å². The molecule has 1 heterocycles. The highest BCUT2D eigenvalue weighted by Crippen LogP contribution is 2.13. The summed E-state index contributed by atoms with van der Waals surface area (Å²) in [6.45, 7) is 0. The Balaban J connectivity index is 2.76. The molecular weight excluding hydrogens is 190 g/mol. The van der Waals surface area contributed by atoms with Crippen LogP contribution >= 0.6 is 0 Å². The SMILES string of the molecule is O=C1CCC(=O)N1OS(=O)(=O)O. The Morgan fingerprint density at radius 2 is 1.67 bits per heavy atom. The summed E-state index contributed by atoms with van der Waals surface area (Å²) in [5.74, 6) is -1.56. The smallest absolute Gasteiger partial charge is 0.272 e. The third-order valence-electron chi connectivity index (χ3n) is 1.17. The molecule has 12 heavy (non-hydrogen) atoms. The molecule has 1 N–H and O–H groups in total. The second-order valence-corrected chi connectivity index (χ2v) is 3.09. The molecular formula is C4H5NO6S. The monoisotopic (exact) mass is 195 g/mol. The number of hydrogen-bond acceptors (Lipinski definition) is 5. The van der Waals surface area contributed by atoms with Crippen molar-refractivity contribution in [3.05, 3.63) is 0 Å². The highest BCUT2D eigenvalue weighted by molar-refractivity contribution is 7.80. The minimum atomic E-state index is -4.79. The van der Waals surface area contributed by atoms with Crippen molar-refractivity contribution < 1.29 is 26.8 Å². The third kappa shape index (κ3) is 2.00. The van der Waals surface area contributed by atoms with Gasteiger partial charge >= 0.3 is 10.4 Å². The zero-order valence-corrected chi connectivity index (χ0v) is 6.57. The van der Waals surface area contributed by atoms with Gasteiger partial charge in [-0.15, -0.1) is 9.35 Å². The summed E-state index contributed by atoms with van der Waals surface area (Å²) in [4.78, 5) is 21.3. The normalized spacial score (nSPS) is 18.9. The molecule has 8 heteroatoms. The second-order valence-electron chi connectivity index (χ2n) is 2.08. The fourth-order valence-electron chi connectivity index (χ4n) is 0.733. The molecule has 2 amide bonds. The van der Waals surface area contributed by atoms with E-state index in [1.165, 1.54) is 0 Å². The van der Waals surface area contributed by atoms with Gasteiger partial charge in [0.25, 0.3) is 11.8 Å². The van der Waals surface area contributed by atoms with Crippen LogP contribution in [0.5, 0.6) is 0 Å². The molecule has 0 unspecified atom stereocenters. The van der Waals surface area contributed by atoms with Crippen molar-refractivity contribution in [2.24, 2.45) is 0 Å². The van der Waals surface area contributed by atoms with E-state index in [-0.39, 0.29) is 17.9 Å². The minimum absolute atomic E-state index is 0.0370. The first-order chi connectivity index (χ1) is 5.40. The average molecular weight is 195 g/mol. The van der Waals surface area contributed by atoms with Crippen molar-refractivity contribution in [3.8, 4) is 0 Å². The maximum absolute atomic E-state index is 10.7. The summed E-state index contributed by atoms with van der Waals surface area (Å²) >= 11 is 0. The Kier molecular flexibility index (Phi) is 2.13. The molecule has 1 aliphatic rings. The summed E-state index contributed by atoms with van der Waals surface area (Å²) in [6, 6.07) is 0. The molecule has 7 nitrogen and oxygen atoms in total. The highest BCUT2D eigenvalue weighted by atomic mass is 32.3. The van der Waals surface area contributed by atoms with E-state index in [0.717, 1.165) is 0 Å². The van der Waals surface area contributed by atoms with Gasteiger partial charge in [-0.25, -0.2) is 0 Å². The van der Waals surface area contributed by atoms with Gasteiger partial charge in [-0.05, 0) is 0 Å². The highest BCUT2D eigenvalue weighted by Gasteiger charge is 2.33. The van der Waals surface area contributed by atoms with E-state index >= 15 is 0 Å². The Morgan fingerprint density at radius 1 is 1.25 bits per heavy atom. The van der Waals surface area contributed by atoms with Crippen LogP contribution in [0.2, 0.25) is 0 Å².